The molecular weight excluding hydrogens is 360 g/mol. The van der Waals surface area contributed by atoms with Crippen molar-refractivity contribution < 1.29 is 18.3 Å². The molecule has 0 saturated heterocycles. The summed E-state index contributed by atoms with van der Waals surface area (Å²) in [5, 5.41) is 19.2. The van der Waals surface area contributed by atoms with E-state index in [9.17, 15) is 18.3 Å². The van der Waals surface area contributed by atoms with E-state index < -0.39 is 16.1 Å². The van der Waals surface area contributed by atoms with Crippen LogP contribution in [-0.2, 0) is 16.6 Å². The molecule has 0 bridgehead atoms. The fourth-order valence-corrected chi connectivity index (χ4v) is 2.74. The van der Waals surface area contributed by atoms with Crippen molar-refractivity contribution in [2.75, 3.05) is 28.2 Å². The number of sulfonamides is 1. The summed E-state index contributed by atoms with van der Waals surface area (Å²) in [5.41, 5.74) is 13.0. The zero-order valence-corrected chi connectivity index (χ0v) is 14.8. The lowest BCUT2D eigenvalue weighted by atomic mass is 10.2. The third kappa shape index (κ3) is 4.32. The number of nitrogen functional groups attached to an aromatic ring is 2. The third-order valence-electron chi connectivity index (χ3n) is 3.62. The van der Waals surface area contributed by atoms with E-state index in [1.807, 2.05) is 0 Å². The Bertz CT molecular complexity index is 914. The fourth-order valence-electron chi connectivity index (χ4n) is 2.22. The second-order valence-corrected chi connectivity index (χ2v) is 6.94. The second kappa shape index (κ2) is 7.45. The first-order chi connectivity index (χ1) is 12.1. The highest BCUT2D eigenvalue weighted by molar-refractivity contribution is 7.89. The largest absolute Gasteiger partial charge is 0.530 e. The molecule has 11 heteroatoms. The van der Waals surface area contributed by atoms with Crippen molar-refractivity contribution in [3.63, 3.8) is 0 Å². The number of rotatable bonds is 6. The van der Waals surface area contributed by atoms with Crippen molar-refractivity contribution in [3.8, 4) is 0 Å². The van der Waals surface area contributed by atoms with E-state index in [1.165, 1.54) is 18.2 Å². The smallest absolute Gasteiger partial charge is 0.238 e. The average molecular weight is 379 g/mol. The molecule has 140 valence electrons. The van der Waals surface area contributed by atoms with Gasteiger partial charge in [-0.2, -0.15) is 0 Å². The first-order valence-electron chi connectivity index (χ1n) is 7.53. The number of carboxylic acid groups (broad SMARTS) is 1. The zero-order chi connectivity index (χ0) is 19.5. The van der Waals surface area contributed by atoms with Crippen LogP contribution < -0.4 is 31.9 Å². The lowest BCUT2D eigenvalue weighted by Crippen LogP contribution is -2.41. The molecule has 0 fully saturated rings. The Labute approximate surface area is 150 Å². The van der Waals surface area contributed by atoms with Gasteiger partial charge in [-0.1, -0.05) is 12.1 Å². The van der Waals surface area contributed by atoms with Crippen LogP contribution in [0.2, 0.25) is 0 Å². The van der Waals surface area contributed by atoms with Gasteiger partial charge in [0.05, 0.1) is 16.3 Å². The first-order valence-corrected chi connectivity index (χ1v) is 9.08. The highest BCUT2D eigenvalue weighted by Crippen LogP contribution is 2.29. The van der Waals surface area contributed by atoms with Crippen LogP contribution in [0, 0.1) is 0 Å². The molecule has 0 spiro atoms. The topological polar surface area (TPSA) is 180 Å². The van der Waals surface area contributed by atoms with Gasteiger partial charge in [0.25, 0.3) is 0 Å². The lowest BCUT2D eigenvalue weighted by Gasteiger charge is -2.24. The maximum absolute atomic E-state index is 11.3. The van der Waals surface area contributed by atoms with E-state index in [-0.39, 0.29) is 35.3 Å². The molecule has 1 aromatic heterocycles. The fraction of sp³-hybridized carbons (Fsp3) is 0.200. The number of pyridine rings is 1. The van der Waals surface area contributed by atoms with Crippen LogP contribution in [0.25, 0.3) is 0 Å². The molecule has 2 aromatic rings. The van der Waals surface area contributed by atoms with Crippen molar-refractivity contribution in [2.24, 2.45) is 5.14 Å². The predicted octanol–water partition coefficient (Wildman–Crippen LogP) is -0.325. The molecule has 0 unspecified atom stereocenters. The van der Waals surface area contributed by atoms with Gasteiger partial charge in [0.15, 0.2) is 5.82 Å². The highest BCUT2D eigenvalue weighted by atomic mass is 32.2. The number of hydrogen-bond acceptors (Lipinski definition) is 8. The first kappa shape index (κ1) is 19.3. The molecule has 0 atom stereocenters. The molecule has 2 rings (SSSR count). The molecule has 0 radical (unpaired) electrons. The summed E-state index contributed by atoms with van der Waals surface area (Å²) in [6.07, 6.45) is -1.41. The highest BCUT2D eigenvalue weighted by Gasteiger charge is 2.13. The number of carbonyl (C=O) groups is 1. The zero-order valence-electron chi connectivity index (χ0n) is 14.0. The SMILES string of the molecule is CCN(C(=O)[O-])c1cc(NCc2ccc(S(N)(=O)=O)cc2)c(N)c(N)n1. The predicted molar refractivity (Wildman–Crippen MR) is 96.6 cm³/mol. The van der Waals surface area contributed by atoms with Crippen LogP contribution in [0.1, 0.15) is 12.5 Å². The van der Waals surface area contributed by atoms with E-state index in [0.29, 0.717) is 5.69 Å². The Balaban J connectivity index is 2.23. The van der Waals surface area contributed by atoms with Gasteiger partial charge in [0.2, 0.25) is 10.0 Å². The summed E-state index contributed by atoms with van der Waals surface area (Å²) in [5.74, 6) is 0.0700. The molecule has 0 aliphatic heterocycles. The molecule has 7 N–H and O–H groups in total. The third-order valence-corrected chi connectivity index (χ3v) is 4.55. The van der Waals surface area contributed by atoms with Gasteiger partial charge in [-0.05, 0) is 24.6 Å². The van der Waals surface area contributed by atoms with Crippen molar-refractivity contribution >= 4 is 39.1 Å². The minimum absolute atomic E-state index is 0.00347. The number of primary sulfonamides is 1. The number of hydrogen-bond donors (Lipinski definition) is 4. The standard InChI is InChI=1S/C15H20N6O4S/c1-2-21(15(22)23)12-7-11(13(16)14(17)20-12)19-8-9-3-5-10(6-4-9)26(18,24)25/h3-7H,2,8,16H2,1H3,(H,22,23)(H3,17,19,20)(H2,18,24,25)/p-1. The Morgan fingerprint density at radius 2 is 1.88 bits per heavy atom. The summed E-state index contributed by atoms with van der Waals surface area (Å²) >= 11 is 0. The maximum Gasteiger partial charge on any atom is 0.238 e. The minimum Gasteiger partial charge on any atom is -0.530 e. The summed E-state index contributed by atoms with van der Waals surface area (Å²) in [4.78, 5) is 16.0. The Morgan fingerprint density at radius 1 is 1.27 bits per heavy atom. The quantitative estimate of drug-likeness (QED) is 0.526. The van der Waals surface area contributed by atoms with Gasteiger partial charge in [-0.25, -0.2) is 18.5 Å². The van der Waals surface area contributed by atoms with E-state index in [2.05, 4.69) is 10.3 Å². The monoisotopic (exact) mass is 379 g/mol. The van der Waals surface area contributed by atoms with Crippen LogP contribution in [0.4, 0.5) is 27.8 Å². The maximum atomic E-state index is 11.3. The number of anilines is 4. The number of amides is 1. The van der Waals surface area contributed by atoms with Crippen LogP contribution in [0.15, 0.2) is 35.2 Å². The molecule has 1 heterocycles. The van der Waals surface area contributed by atoms with Gasteiger partial charge in [-0.3, -0.25) is 0 Å². The molecular formula is C15H19N6O4S-. The van der Waals surface area contributed by atoms with Crippen molar-refractivity contribution in [1.82, 2.24) is 4.98 Å². The van der Waals surface area contributed by atoms with Gasteiger partial charge >= 0.3 is 0 Å². The van der Waals surface area contributed by atoms with E-state index >= 15 is 0 Å². The van der Waals surface area contributed by atoms with Crippen LogP contribution in [0.5, 0.6) is 0 Å². The number of carbonyl (C=O) groups excluding carboxylic acids is 1. The van der Waals surface area contributed by atoms with Crippen molar-refractivity contribution in [3.05, 3.63) is 35.9 Å². The van der Waals surface area contributed by atoms with Crippen molar-refractivity contribution in [1.29, 1.82) is 0 Å². The van der Waals surface area contributed by atoms with Gasteiger partial charge in [-0.15, -0.1) is 0 Å². The molecule has 0 saturated carbocycles. The molecule has 1 aromatic carbocycles. The summed E-state index contributed by atoms with van der Waals surface area (Å²) < 4.78 is 22.5. The van der Waals surface area contributed by atoms with Gasteiger partial charge in [0.1, 0.15) is 11.9 Å². The van der Waals surface area contributed by atoms with Gasteiger partial charge in [0, 0.05) is 19.2 Å². The molecule has 0 aliphatic rings. The normalized spacial score (nSPS) is 11.2. The van der Waals surface area contributed by atoms with E-state index in [1.54, 1.807) is 19.1 Å². The minimum atomic E-state index is -3.76. The van der Waals surface area contributed by atoms with E-state index in [0.717, 1.165) is 10.5 Å². The number of nitrogens with two attached hydrogens (primary N) is 3. The number of nitrogens with zero attached hydrogens (tertiary/aromatic N) is 2. The number of nitrogens with one attached hydrogen (secondary N) is 1. The van der Waals surface area contributed by atoms with Crippen molar-refractivity contribution in [2.45, 2.75) is 18.4 Å². The van der Waals surface area contributed by atoms with E-state index in [4.69, 9.17) is 16.6 Å². The molecule has 10 nitrogen and oxygen atoms in total. The second-order valence-electron chi connectivity index (χ2n) is 5.38. The molecule has 26 heavy (non-hydrogen) atoms. The summed E-state index contributed by atoms with van der Waals surface area (Å²) in [6.45, 7) is 2.05. The van der Waals surface area contributed by atoms with Crippen LogP contribution in [0.3, 0.4) is 0 Å². The summed E-state index contributed by atoms with van der Waals surface area (Å²) in [6, 6.07) is 7.40. The van der Waals surface area contributed by atoms with Crippen LogP contribution >= 0.6 is 0 Å². The average Bonchev–Trinajstić information content (AvgIpc) is 2.56. The number of benzene rings is 1. The molecule has 0 aliphatic carbocycles. The lowest BCUT2D eigenvalue weighted by molar-refractivity contribution is -0.246. The Hall–Kier alpha value is -3.05. The molecule has 1 amide bonds. The van der Waals surface area contributed by atoms with Gasteiger partial charge < -0.3 is 31.6 Å². The Kier molecular flexibility index (Phi) is 5.53. The number of aromatic nitrogens is 1. The Morgan fingerprint density at radius 3 is 2.38 bits per heavy atom. The summed E-state index contributed by atoms with van der Waals surface area (Å²) in [7, 11) is -3.76. The van der Waals surface area contributed by atoms with Crippen LogP contribution in [-0.4, -0.2) is 26.0 Å².